The van der Waals surface area contributed by atoms with Gasteiger partial charge in [-0.1, -0.05) is 18.2 Å². The van der Waals surface area contributed by atoms with Crippen LogP contribution in [0.1, 0.15) is 37.8 Å². The Kier molecular flexibility index (Phi) is 5.01. The van der Waals surface area contributed by atoms with Gasteiger partial charge in [0.05, 0.1) is 0 Å². The third kappa shape index (κ3) is 4.53. The summed E-state index contributed by atoms with van der Waals surface area (Å²) in [6, 6.07) is 6.89. The fraction of sp³-hybridized carbons (Fsp3) is 0.562. The lowest BCUT2D eigenvalue weighted by Gasteiger charge is -2.15. The number of carbonyl (C=O) groups is 1. The van der Waals surface area contributed by atoms with E-state index in [2.05, 4.69) is 16.7 Å². The normalized spacial score (nSPS) is 14.4. The molecule has 0 aromatic heterocycles. The Hall–Kier alpha value is -1.55. The quantitative estimate of drug-likeness (QED) is 0.802. The summed E-state index contributed by atoms with van der Waals surface area (Å²) in [6.45, 7) is 6.76. The lowest BCUT2D eigenvalue weighted by molar-refractivity contribution is -0.123. The van der Waals surface area contributed by atoms with Crippen LogP contribution < -0.4 is 15.4 Å². The topological polar surface area (TPSA) is 50.4 Å². The highest BCUT2D eigenvalue weighted by molar-refractivity contribution is 5.77. The molecular weight excluding hydrogens is 252 g/mol. The summed E-state index contributed by atoms with van der Waals surface area (Å²) in [5.74, 6) is 0.754. The summed E-state index contributed by atoms with van der Waals surface area (Å²) in [6.07, 6.45) is 2.53. The van der Waals surface area contributed by atoms with E-state index in [4.69, 9.17) is 4.74 Å². The number of hydrogen-bond acceptors (Lipinski definition) is 3. The van der Waals surface area contributed by atoms with Gasteiger partial charge in [-0.3, -0.25) is 4.79 Å². The summed E-state index contributed by atoms with van der Waals surface area (Å²) in [5, 5.41) is 6.31. The number of ether oxygens (including phenoxy) is 1. The molecule has 1 amide bonds. The lowest BCUT2D eigenvalue weighted by Crippen LogP contribution is -2.34. The molecule has 0 radical (unpaired) electrons. The van der Waals surface area contributed by atoms with Gasteiger partial charge in [0.1, 0.15) is 5.75 Å². The molecule has 1 aromatic rings. The smallest absolute Gasteiger partial charge is 0.258 e. The Balaban J connectivity index is 1.95. The summed E-state index contributed by atoms with van der Waals surface area (Å²) < 4.78 is 5.73. The minimum absolute atomic E-state index is 0.0689. The number of carbonyl (C=O) groups excluding carboxylic acids is 1. The van der Waals surface area contributed by atoms with Gasteiger partial charge in [-0.25, -0.2) is 0 Å². The number of benzene rings is 1. The SMILES string of the molecule is Cc1cccc(CNC2CC2)c1OCC(=O)NC(C)C. The third-order valence-corrected chi connectivity index (χ3v) is 3.25. The molecule has 4 heteroatoms. The average molecular weight is 276 g/mol. The molecule has 0 unspecified atom stereocenters. The van der Waals surface area contributed by atoms with Crippen molar-refractivity contribution < 1.29 is 9.53 Å². The molecule has 0 atom stereocenters. The highest BCUT2D eigenvalue weighted by Crippen LogP contribution is 2.25. The molecule has 2 rings (SSSR count). The maximum Gasteiger partial charge on any atom is 0.258 e. The van der Waals surface area contributed by atoms with Gasteiger partial charge < -0.3 is 15.4 Å². The van der Waals surface area contributed by atoms with Crippen LogP contribution in [0.15, 0.2) is 18.2 Å². The van der Waals surface area contributed by atoms with Gasteiger partial charge in [0.15, 0.2) is 6.61 Å². The number of rotatable bonds is 7. The summed E-state index contributed by atoms with van der Waals surface area (Å²) in [7, 11) is 0. The lowest BCUT2D eigenvalue weighted by atomic mass is 10.1. The minimum atomic E-state index is -0.0793. The van der Waals surface area contributed by atoms with Crippen molar-refractivity contribution in [2.75, 3.05) is 6.61 Å². The molecule has 1 aliphatic carbocycles. The van der Waals surface area contributed by atoms with Gasteiger partial charge in [-0.05, 0) is 39.2 Å². The van der Waals surface area contributed by atoms with E-state index in [1.54, 1.807) is 0 Å². The van der Waals surface area contributed by atoms with E-state index in [1.807, 2.05) is 32.9 Å². The van der Waals surface area contributed by atoms with Gasteiger partial charge in [-0.15, -0.1) is 0 Å². The number of hydrogen-bond donors (Lipinski definition) is 2. The van der Waals surface area contributed by atoms with Crippen molar-refractivity contribution in [1.82, 2.24) is 10.6 Å². The Morgan fingerprint density at radius 1 is 1.40 bits per heavy atom. The first-order chi connectivity index (χ1) is 9.56. The zero-order valence-electron chi connectivity index (χ0n) is 12.5. The molecule has 0 bridgehead atoms. The predicted octanol–water partition coefficient (Wildman–Crippen LogP) is 2.15. The number of aryl methyl sites for hydroxylation is 1. The predicted molar refractivity (Wildman–Crippen MR) is 79.8 cm³/mol. The van der Waals surface area contributed by atoms with E-state index >= 15 is 0 Å². The van der Waals surface area contributed by atoms with Crippen molar-refractivity contribution in [3.63, 3.8) is 0 Å². The first kappa shape index (κ1) is 14.9. The third-order valence-electron chi connectivity index (χ3n) is 3.25. The van der Waals surface area contributed by atoms with E-state index in [9.17, 15) is 4.79 Å². The first-order valence-corrected chi connectivity index (χ1v) is 7.30. The molecule has 110 valence electrons. The summed E-state index contributed by atoms with van der Waals surface area (Å²) >= 11 is 0. The van der Waals surface area contributed by atoms with Crippen molar-refractivity contribution in [2.45, 2.75) is 52.2 Å². The van der Waals surface area contributed by atoms with Gasteiger partial charge in [0.2, 0.25) is 0 Å². The fourth-order valence-corrected chi connectivity index (χ4v) is 2.10. The number of nitrogens with one attached hydrogen (secondary N) is 2. The molecule has 1 aromatic carbocycles. The van der Waals surface area contributed by atoms with Crippen LogP contribution in [0.2, 0.25) is 0 Å². The summed E-state index contributed by atoms with van der Waals surface area (Å²) in [4.78, 5) is 11.7. The molecule has 4 nitrogen and oxygen atoms in total. The Morgan fingerprint density at radius 2 is 2.15 bits per heavy atom. The van der Waals surface area contributed by atoms with Crippen LogP contribution in [-0.2, 0) is 11.3 Å². The molecule has 2 N–H and O–H groups in total. The van der Waals surface area contributed by atoms with Crippen molar-refractivity contribution >= 4 is 5.91 Å². The number of para-hydroxylation sites is 1. The second-order valence-electron chi connectivity index (χ2n) is 5.73. The van der Waals surface area contributed by atoms with E-state index < -0.39 is 0 Å². The molecule has 1 saturated carbocycles. The molecule has 0 spiro atoms. The van der Waals surface area contributed by atoms with E-state index in [1.165, 1.54) is 12.8 Å². The number of amides is 1. The van der Waals surface area contributed by atoms with Gasteiger partial charge in [0, 0.05) is 24.2 Å². The van der Waals surface area contributed by atoms with Crippen molar-refractivity contribution in [3.05, 3.63) is 29.3 Å². The molecule has 0 heterocycles. The zero-order valence-corrected chi connectivity index (χ0v) is 12.5. The Morgan fingerprint density at radius 3 is 2.80 bits per heavy atom. The molecule has 1 aliphatic rings. The first-order valence-electron chi connectivity index (χ1n) is 7.30. The zero-order chi connectivity index (χ0) is 14.5. The van der Waals surface area contributed by atoms with Crippen molar-refractivity contribution in [2.24, 2.45) is 0 Å². The second kappa shape index (κ2) is 6.75. The highest BCUT2D eigenvalue weighted by atomic mass is 16.5. The van der Waals surface area contributed by atoms with Crippen LogP contribution in [0.25, 0.3) is 0 Å². The van der Waals surface area contributed by atoms with Gasteiger partial charge in [0.25, 0.3) is 5.91 Å². The molecule has 1 fully saturated rings. The largest absolute Gasteiger partial charge is 0.483 e. The minimum Gasteiger partial charge on any atom is -0.483 e. The van der Waals surface area contributed by atoms with Crippen LogP contribution in [0.5, 0.6) is 5.75 Å². The van der Waals surface area contributed by atoms with Crippen LogP contribution >= 0.6 is 0 Å². The maximum absolute atomic E-state index is 11.7. The highest BCUT2D eigenvalue weighted by Gasteiger charge is 2.21. The van der Waals surface area contributed by atoms with Crippen molar-refractivity contribution in [3.8, 4) is 5.75 Å². The standard InChI is InChI=1S/C16H24N2O2/c1-11(2)18-15(19)10-20-16-12(3)5-4-6-13(16)9-17-14-7-8-14/h4-6,11,14,17H,7-10H2,1-3H3,(H,18,19). The summed E-state index contributed by atoms with van der Waals surface area (Å²) in [5.41, 5.74) is 2.19. The van der Waals surface area contributed by atoms with Crippen LogP contribution in [-0.4, -0.2) is 24.6 Å². The molecule has 0 saturated heterocycles. The van der Waals surface area contributed by atoms with Crippen molar-refractivity contribution in [1.29, 1.82) is 0 Å². The Bertz CT molecular complexity index is 468. The molecule has 20 heavy (non-hydrogen) atoms. The van der Waals surface area contributed by atoms with Gasteiger partial charge >= 0.3 is 0 Å². The van der Waals surface area contributed by atoms with Crippen LogP contribution in [0, 0.1) is 6.92 Å². The monoisotopic (exact) mass is 276 g/mol. The molecule has 0 aliphatic heterocycles. The average Bonchev–Trinajstić information content (AvgIpc) is 3.18. The fourth-order valence-electron chi connectivity index (χ4n) is 2.10. The van der Waals surface area contributed by atoms with Crippen LogP contribution in [0.3, 0.4) is 0 Å². The van der Waals surface area contributed by atoms with Gasteiger partial charge in [-0.2, -0.15) is 0 Å². The maximum atomic E-state index is 11.7. The molecular formula is C16H24N2O2. The van der Waals surface area contributed by atoms with Crippen LogP contribution in [0.4, 0.5) is 0 Å². The Labute approximate surface area is 120 Å². The van der Waals surface area contributed by atoms with E-state index in [0.29, 0.717) is 6.04 Å². The van der Waals surface area contributed by atoms with E-state index in [-0.39, 0.29) is 18.6 Å². The second-order valence-corrected chi connectivity index (χ2v) is 5.73. The van der Waals surface area contributed by atoms with E-state index in [0.717, 1.165) is 23.4 Å².